The van der Waals surface area contributed by atoms with Crippen molar-refractivity contribution in [1.29, 1.82) is 0 Å². The molecule has 0 aliphatic rings. The zero-order valence-electron chi connectivity index (χ0n) is 8.36. The summed E-state index contributed by atoms with van der Waals surface area (Å²) in [5, 5.41) is 9.20. The van der Waals surface area contributed by atoms with E-state index >= 15 is 0 Å². The van der Waals surface area contributed by atoms with Crippen molar-refractivity contribution in [3.63, 3.8) is 0 Å². The van der Waals surface area contributed by atoms with Crippen LogP contribution in [0.15, 0.2) is 18.5 Å². The van der Waals surface area contributed by atoms with Gasteiger partial charge in [-0.1, -0.05) is 11.6 Å². The van der Waals surface area contributed by atoms with E-state index in [4.69, 9.17) is 11.6 Å². The summed E-state index contributed by atoms with van der Waals surface area (Å²) < 4.78 is 0. The highest BCUT2D eigenvalue weighted by atomic mass is 35.5. The molecule has 82 valence electrons. The zero-order chi connectivity index (χ0) is 11.5. The Labute approximate surface area is 96.1 Å². The van der Waals surface area contributed by atoms with E-state index in [0.29, 0.717) is 11.4 Å². The number of aryl methyl sites for hydroxylation is 1. The van der Waals surface area contributed by atoms with E-state index in [-0.39, 0.29) is 16.9 Å². The summed E-state index contributed by atoms with van der Waals surface area (Å²) in [5.41, 5.74) is 0.333. The summed E-state index contributed by atoms with van der Waals surface area (Å²) in [4.78, 5) is 19.5. The molecule has 0 unspecified atom stereocenters. The molecule has 0 aliphatic carbocycles. The van der Waals surface area contributed by atoms with E-state index in [2.05, 4.69) is 25.5 Å². The molecule has 0 aromatic carbocycles. The molecule has 2 heterocycles. The van der Waals surface area contributed by atoms with Crippen LogP contribution in [0.4, 0.5) is 5.95 Å². The fourth-order valence-electron chi connectivity index (χ4n) is 1.13. The fourth-order valence-corrected chi connectivity index (χ4v) is 1.33. The summed E-state index contributed by atoms with van der Waals surface area (Å²) in [5.74, 6) is 0.470. The zero-order valence-corrected chi connectivity index (χ0v) is 9.12. The number of halogens is 1. The molecule has 0 saturated heterocycles. The summed E-state index contributed by atoms with van der Waals surface area (Å²) in [6.45, 7) is 1.74. The van der Waals surface area contributed by atoms with Gasteiger partial charge in [0.2, 0.25) is 5.95 Å². The van der Waals surface area contributed by atoms with Gasteiger partial charge in [-0.15, -0.1) is 5.10 Å². The summed E-state index contributed by atoms with van der Waals surface area (Å²) in [6, 6.07) is 1.52. The number of pyridine rings is 1. The lowest BCUT2D eigenvalue weighted by atomic mass is 10.2. The second-order valence-electron chi connectivity index (χ2n) is 3.05. The molecule has 2 aromatic heterocycles. The van der Waals surface area contributed by atoms with Gasteiger partial charge in [-0.2, -0.15) is 4.98 Å². The predicted octanol–water partition coefficient (Wildman–Crippen LogP) is 1.41. The molecule has 0 saturated carbocycles. The van der Waals surface area contributed by atoms with Crippen LogP contribution in [-0.4, -0.2) is 26.1 Å². The number of carbonyl (C=O) groups excluding carboxylic acids is 1. The Balaban J connectivity index is 2.18. The maximum absolute atomic E-state index is 11.7. The first-order chi connectivity index (χ1) is 7.66. The molecule has 0 fully saturated rings. The Morgan fingerprint density at radius 1 is 1.56 bits per heavy atom. The molecule has 6 nitrogen and oxygen atoms in total. The van der Waals surface area contributed by atoms with Crippen LogP contribution < -0.4 is 5.32 Å². The van der Waals surface area contributed by atoms with Crippen molar-refractivity contribution >= 4 is 23.5 Å². The number of nitrogens with one attached hydrogen (secondary N) is 2. The van der Waals surface area contributed by atoms with Crippen LogP contribution in [-0.2, 0) is 0 Å². The van der Waals surface area contributed by atoms with Crippen LogP contribution >= 0.6 is 11.6 Å². The third-order valence-corrected chi connectivity index (χ3v) is 2.14. The molecular weight excluding hydrogens is 230 g/mol. The number of nitrogens with zero attached hydrogens (tertiary/aromatic N) is 3. The number of aromatic amines is 1. The van der Waals surface area contributed by atoms with E-state index in [1.165, 1.54) is 18.5 Å². The van der Waals surface area contributed by atoms with Crippen LogP contribution in [0.5, 0.6) is 0 Å². The topological polar surface area (TPSA) is 83.6 Å². The molecule has 0 aliphatic heterocycles. The van der Waals surface area contributed by atoms with Gasteiger partial charge < -0.3 is 0 Å². The highest BCUT2D eigenvalue weighted by Gasteiger charge is 2.11. The third-order valence-electron chi connectivity index (χ3n) is 1.84. The standard InChI is InChI=1S/C9H8ClN5O/c1-5-12-9(15-14-5)13-8(16)6-2-3-11-4-7(6)10/h2-4H,1H3,(H2,12,13,14,15,16). The van der Waals surface area contributed by atoms with E-state index in [1.54, 1.807) is 6.92 Å². The number of anilines is 1. The van der Waals surface area contributed by atoms with Gasteiger partial charge in [-0.3, -0.25) is 20.2 Å². The predicted molar refractivity (Wildman–Crippen MR) is 58.3 cm³/mol. The number of hydrogen-bond donors (Lipinski definition) is 2. The second-order valence-corrected chi connectivity index (χ2v) is 3.46. The first kappa shape index (κ1) is 10.6. The third kappa shape index (κ3) is 2.17. The number of amides is 1. The molecule has 7 heteroatoms. The maximum atomic E-state index is 11.7. The lowest BCUT2D eigenvalue weighted by Crippen LogP contribution is -2.13. The molecule has 2 N–H and O–H groups in total. The van der Waals surface area contributed by atoms with E-state index in [0.717, 1.165) is 0 Å². The van der Waals surface area contributed by atoms with Gasteiger partial charge in [-0.05, 0) is 13.0 Å². The Kier molecular flexibility index (Phi) is 2.82. The van der Waals surface area contributed by atoms with Crippen LogP contribution in [0.1, 0.15) is 16.2 Å². The Morgan fingerprint density at radius 2 is 2.38 bits per heavy atom. The Bertz CT molecular complexity index is 524. The summed E-state index contributed by atoms with van der Waals surface area (Å²) in [6.07, 6.45) is 2.89. The van der Waals surface area contributed by atoms with Gasteiger partial charge in [0.15, 0.2) is 0 Å². The maximum Gasteiger partial charge on any atom is 0.259 e. The lowest BCUT2D eigenvalue weighted by Gasteiger charge is -2.01. The number of rotatable bonds is 2. The van der Waals surface area contributed by atoms with Crippen molar-refractivity contribution in [3.8, 4) is 0 Å². The molecule has 1 amide bonds. The van der Waals surface area contributed by atoms with E-state index in [1.807, 2.05) is 0 Å². The van der Waals surface area contributed by atoms with Gasteiger partial charge in [0.1, 0.15) is 5.82 Å². The lowest BCUT2D eigenvalue weighted by molar-refractivity contribution is 0.102. The van der Waals surface area contributed by atoms with Crippen molar-refractivity contribution in [2.45, 2.75) is 6.92 Å². The minimum atomic E-state index is -0.369. The molecule has 2 aromatic rings. The second kappa shape index (κ2) is 4.28. The summed E-state index contributed by atoms with van der Waals surface area (Å²) >= 11 is 5.82. The fraction of sp³-hybridized carbons (Fsp3) is 0.111. The van der Waals surface area contributed by atoms with E-state index < -0.39 is 0 Å². The molecule has 2 rings (SSSR count). The first-order valence-corrected chi connectivity index (χ1v) is 4.84. The molecule has 0 spiro atoms. The van der Waals surface area contributed by atoms with Crippen LogP contribution in [0.2, 0.25) is 5.02 Å². The van der Waals surface area contributed by atoms with Gasteiger partial charge in [0.25, 0.3) is 5.91 Å². The van der Waals surface area contributed by atoms with Gasteiger partial charge >= 0.3 is 0 Å². The SMILES string of the molecule is Cc1nc(NC(=O)c2ccncc2Cl)n[nH]1. The summed E-state index contributed by atoms with van der Waals surface area (Å²) in [7, 11) is 0. The largest absolute Gasteiger partial charge is 0.289 e. The van der Waals surface area contributed by atoms with Crippen molar-refractivity contribution in [2.24, 2.45) is 0 Å². The quantitative estimate of drug-likeness (QED) is 0.827. The van der Waals surface area contributed by atoms with Crippen molar-refractivity contribution in [3.05, 3.63) is 34.9 Å². The van der Waals surface area contributed by atoms with Gasteiger partial charge in [0.05, 0.1) is 10.6 Å². The average Bonchev–Trinajstić information content (AvgIpc) is 2.64. The molecular formula is C9H8ClN5O. The van der Waals surface area contributed by atoms with Crippen LogP contribution in [0, 0.1) is 6.92 Å². The monoisotopic (exact) mass is 237 g/mol. The minimum absolute atomic E-state index is 0.218. The highest BCUT2D eigenvalue weighted by Crippen LogP contribution is 2.14. The van der Waals surface area contributed by atoms with Gasteiger partial charge in [-0.25, -0.2) is 0 Å². The Morgan fingerprint density at radius 3 is 3.00 bits per heavy atom. The average molecular weight is 238 g/mol. The molecule has 16 heavy (non-hydrogen) atoms. The molecule has 0 bridgehead atoms. The van der Waals surface area contributed by atoms with Crippen LogP contribution in [0.25, 0.3) is 0 Å². The van der Waals surface area contributed by atoms with E-state index in [9.17, 15) is 4.79 Å². The molecule has 0 radical (unpaired) electrons. The Hall–Kier alpha value is -1.95. The number of carbonyl (C=O) groups is 1. The number of hydrogen-bond acceptors (Lipinski definition) is 4. The van der Waals surface area contributed by atoms with Gasteiger partial charge in [0, 0.05) is 12.4 Å². The van der Waals surface area contributed by atoms with Crippen LogP contribution in [0.3, 0.4) is 0 Å². The number of aromatic nitrogens is 4. The normalized spacial score (nSPS) is 10.1. The first-order valence-electron chi connectivity index (χ1n) is 4.46. The minimum Gasteiger partial charge on any atom is -0.289 e. The van der Waals surface area contributed by atoms with Crippen molar-refractivity contribution in [1.82, 2.24) is 20.2 Å². The van der Waals surface area contributed by atoms with Crippen molar-refractivity contribution in [2.75, 3.05) is 5.32 Å². The van der Waals surface area contributed by atoms with Crippen molar-refractivity contribution < 1.29 is 4.79 Å². The smallest absolute Gasteiger partial charge is 0.259 e. The highest BCUT2D eigenvalue weighted by molar-refractivity contribution is 6.34. The molecule has 0 atom stereocenters. The number of H-pyrrole nitrogens is 1.